The van der Waals surface area contributed by atoms with Crippen molar-refractivity contribution >= 4 is 21.6 Å². The van der Waals surface area contributed by atoms with E-state index in [0.717, 1.165) is 15.8 Å². The van der Waals surface area contributed by atoms with E-state index in [1.807, 2.05) is 36.4 Å². The largest absolute Gasteiger partial charge is 0.377 e. The van der Waals surface area contributed by atoms with E-state index in [1.54, 1.807) is 11.0 Å². The van der Waals surface area contributed by atoms with Gasteiger partial charge < -0.3 is 5.32 Å². The molecule has 1 aromatic heterocycles. The number of hydrogen-bond donors (Lipinski definition) is 1. The summed E-state index contributed by atoms with van der Waals surface area (Å²) in [6.45, 7) is 2.14. The van der Waals surface area contributed by atoms with Crippen molar-refractivity contribution in [2.75, 3.05) is 5.32 Å². The second-order valence-corrected chi connectivity index (χ2v) is 5.60. The number of rotatable bonds is 4. The number of nitrogens with one attached hydrogen (secondary N) is 1. The van der Waals surface area contributed by atoms with Crippen LogP contribution in [0.1, 0.15) is 18.5 Å². The molecule has 0 aliphatic heterocycles. The van der Waals surface area contributed by atoms with Gasteiger partial charge in [0.1, 0.15) is 12.7 Å². The molecule has 0 saturated carbocycles. The Hall–Kier alpha value is -2.14. The maximum Gasteiger partial charge on any atom is 0.138 e. The molecular weight excluding hydrogens is 328 g/mol. The number of aromatic nitrogens is 3. The minimum atomic E-state index is 0.172. The molecule has 21 heavy (non-hydrogen) atoms. The smallest absolute Gasteiger partial charge is 0.138 e. The van der Waals surface area contributed by atoms with Gasteiger partial charge in [0, 0.05) is 10.5 Å². The number of halogens is 1. The van der Waals surface area contributed by atoms with Crippen LogP contribution < -0.4 is 5.32 Å². The summed E-state index contributed by atoms with van der Waals surface area (Å²) in [6.07, 6.45) is 3.23. The maximum atomic E-state index is 4.20. The first kappa shape index (κ1) is 13.8. The lowest BCUT2D eigenvalue weighted by Gasteiger charge is -2.19. The molecule has 0 radical (unpaired) electrons. The average Bonchev–Trinajstić information content (AvgIpc) is 3.02. The monoisotopic (exact) mass is 342 g/mol. The lowest BCUT2D eigenvalue weighted by Crippen LogP contribution is -2.10. The van der Waals surface area contributed by atoms with Crippen LogP contribution in [-0.2, 0) is 0 Å². The summed E-state index contributed by atoms with van der Waals surface area (Å²) in [5, 5.41) is 7.74. The van der Waals surface area contributed by atoms with Gasteiger partial charge in [-0.05, 0) is 30.7 Å². The van der Waals surface area contributed by atoms with Gasteiger partial charge in [0.05, 0.1) is 11.4 Å². The predicted molar refractivity (Wildman–Crippen MR) is 87.5 cm³/mol. The molecule has 0 aliphatic carbocycles. The van der Waals surface area contributed by atoms with E-state index >= 15 is 0 Å². The number of benzene rings is 2. The van der Waals surface area contributed by atoms with Gasteiger partial charge in [-0.3, -0.25) is 0 Å². The molecule has 0 saturated heterocycles. The lowest BCUT2D eigenvalue weighted by atomic mass is 10.1. The van der Waals surface area contributed by atoms with Gasteiger partial charge in [0.15, 0.2) is 0 Å². The normalized spacial score (nSPS) is 12.1. The van der Waals surface area contributed by atoms with Crippen LogP contribution in [0.4, 0.5) is 5.69 Å². The van der Waals surface area contributed by atoms with E-state index in [1.165, 1.54) is 11.9 Å². The fourth-order valence-electron chi connectivity index (χ4n) is 2.27. The van der Waals surface area contributed by atoms with Crippen LogP contribution in [-0.4, -0.2) is 14.8 Å². The van der Waals surface area contributed by atoms with Crippen LogP contribution >= 0.6 is 15.9 Å². The van der Waals surface area contributed by atoms with Crippen molar-refractivity contribution in [2.24, 2.45) is 0 Å². The highest BCUT2D eigenvalue weighted by molar-refractivity contribution is 9.10. The lowest BCUT2D eigenvalue weighted by molar-refractivity contribution is 0.850. The molecule has 4 nitrogen and oxygen atoms in total. The first-order valence-electron chi connectivity index (χ1n) is 6.70. The van der Waals surface area contributed by atoms with E-state index in [-0.39, 0.29) is 6.04 Å². The van der Waals surface area contributed by atoms with Crippen LogP contribution in [0, 0.1) is 0 Å². The van der Waals surface area contributed by atoms with E-state index in [4.69, 9.17) is 0 Å². The van der Waals surface area contributed by atoms with Crippen molar-refractivity contribution < 1.29 is 0 Å². The van der Waals surface area contributed by atoms with Crippen molar-refractivity contribution in [1.82, 2.24) is 14.8 Å². The molecule has 0 fully saturated rings. The summed E-state index contributed by atoms with van der Waals surface area (Å²) in [5.74, 6) is 0. The Morgan fingerprint density at radius 3 is 2.62 bits per heavy atom. The molecule has 1 heterocycles. The third-order valence-corrected chi connectivity index (χ3v) is 4.04. The Kier molecular flexibility index (Phi) is 4.01. The molecule has 1 unspecified atom stereocenters. The zero-order valence-corrected chi connectivity index (χ0v) is 13.2. The number of hydrogen-bond acceptors (Lipinski definition) is 3. The van der Waals surface area contributed by atoms with E-state index < -0.39 is 0 Å². The molecule has 5 heteroatoms. The van der Waals surface area contributed by atoms with E-state index in [0.29, 0.717) is 0 Å². The van der Waals surface area contributed by atoms with Crippen molar-refractivity contribution in [3.05, 3.63) is 71.2 Å². The van der Waals surface area contributed by atoms with Crippen LogP contribution in [0.3, 0.4) is 0 Å². The van der Waals surface area contributed by atoms with Gasteiger partial charge in [-0.2, -0.15) is 5.10 Å². The number of para-hydroxylation sites is 2. The Labute approximate surface area is 132 Å². The topological polar surface area (TPSA) is 42.7 Å². The highest BCUT2D eigenvalue weighted by Gasteiger charge is 2.11. The maximum absolute atomic E-state index is 4.20. The fourth-order valence-corrected chi connectivity index (χ4v) is 2.89. The summed E-state index contributed by atoms with van der Waals surface area (Å²) in [6, 6.07) is 16.5. The first-order valence-corrected chi connectivity index (χ1v) is 7.50. The Morgan fingerprint density at radius 1 is 1.10 bits per heavy atom. The molecule has 1 atom stereocenters. The van der Waals surface area contributed by atoms with Crippen LogP contribution in [0.25, 0.3) is 5.69 Å². The van der Waals surface area contributed by atoms with Gasteiger partial charge in [-0.25, -0.2) is 9.67 Å². The highest BCUT2D eigenvalue weighted by Crippen LogP contribution is 2.28. The van der Waals surface area contributed by atoms with Crippen molar-refractivity contribution in [3.63, 3.8) is 0 Å². The minimum absolute atomic E-state index is 0.172. The molecule has 0 bridgehead atoms. The van der Waals surface area contributed by atoms with E-state index in [9.17, 15) is 0 Å². The highest BCUT2D eigenvalue weighted by atomic mass is 79.9. The molecule has 0 spiro atoms. The Morgan fingerprint density at radius 2 is 1.86 bits per heavy atom. The van der Waals surface area contributed by atoms with E-state index in [2.05, 4.69) is 50.4 Å². The van der Waals surface area contributed by atoms with Crippen molar-refractivity contribution in [1.29, 1.82) is 0 Å². The molecule has 2 aromatic carbocycles. The first-order chi connectivity index (χ1) is 10.3. The Bertz CT molecular complexity index is 725. The van der Waals surface area contributed by atoms with Gasteiger partial charge >= 0.3 is 0 Å². The average molecular weight is 343 g/mol. The van der Waals surface area contributed by atoms with Crippen molar-refractivity contribution in [3.8, 4) is 5.69 Å². The van der Waals surface area contributed by atoms with Crippen LogP contribution in [0.2, 0.25) is 0 Å². The standard InChI is InChI=1S/C16H15BrN4/c1-12(13-6-2-3-7-14(13)17)20-15-8-4-5-9-16(15)21-11-18-10-19-21/h2-12,20H,1H3. The zero-order chi connectivity index (χ0) is 14.7. The second kappa shape index (κ2) is 6.10. The van der Waals surface area contributed by atoms with Crippen LogP contribution in [0.15, 0.2) is 65.7 Å². The van der Waals surface area contributed by atoms with Crippen molar-refractivity contribution in [2.45, 2.75) is 13.0 Å². The molecule has 3 rings (SSSR count). The number of anilines is 1. The quantitative estimate of drug-likeness (QED) is 0.772. The zero-order valence-electron chi connectivity index (χ0n) is 11.6. The molecule has 106 valence electrons. The summed E-state index contributed by atoms with van der Waals surface area (Å²) < 4.78 is 2.86. The van der Waals surface area contributed by atoms with Crippen LogP contribution in [0.5, 0.6) is 0 Å². The molecule has 0 aliphatic rings. The number of nitrogens with zero attached hydrogens (tertiary/aromatic N) is 3. The minimum Gasteiger partial charge on any atom is -0.377 e. The fraction of sp³-hybridized carbons (Fsp3) is 0.125. The summed E-state index contributed by atoms with van der Waals surface area (Å²) in [7, 11) is 0. The predicted octanol–water partition coefficient (Wildman–Crippen LogP) is 4.20. The second-order valence-electron chi connectivity index (χ2n) is 4.74. The van der Waals surface area contributed by atoms with Gasteiger partial charge in [-0.15, -0.1) is 0 Å². The summed E-state index contributed by atoms with van der Waals surface area (Å²) in [4.78, 5) is 4.01. The molecule has 1 N–H and O–H groups in total. The van der Waals surface area contributed by atoms with Gasteiger partial charge in [-0.1, -0.05) is 46.3 Å². The third kappa shape index (κ3) is 2.97. The summed E-state index contributed by atoms with van der Waals surface area (Å²) in [5.41, 5.74) is 3.21. The molecule has 3 aromatic rings. The molecular formula is C16H15BrN4. The SMILES string of the molecule is CC(Nc1ccccc1-n1cncn1)c1ccccc1Br. The van der Waals surface area contributed by atoms with Gasteiger partial charge in [0.25, 0.3) is 0 Å². The van der Waals surface area contributed by atoms with Gasteiger partial charge in [0.2, 0.25) is 0 Å². The third-order valence-electron chi connectivity index (χ3n) is 3.31. The Balaban J connectivity index is 1.91. The molecule has 0 amide bonds. The summed E-state index contributed by atoms with van der Waals surface area (Å²) >= 11 is 3.60.